The summed E-state index contributed by atoms with van der Waals surface area (Å²) in [7, 11) is 0. The number of nitrogens with zero attached hydrogens (tertiary/aromatic N) is 4. The molecule has 0 N–H and O–H groups in total. The fourth-order valence-electron chi connectivity index (χ4n) is 4.05. The average molecular weight is 526 g/mol. The molecule has 4 rings (SSSR count). The Morgan fingerprint density at radius 1 is 1.05 bits per heavy atom. The summed E-state index contributed by atoms with van der Waals surface area (Å²) < 4.78 is 83.5. The Bertz CT molecular complexity index is 1260. The molecular weight excluding hydrogens is 506 g/mol. The van der Waals surface area contributed by atoms with Crippen molar-refractivity contribution in [1.29, 1.82) is 0 Å². The van der Waals surface area contributed by atoms with E-state index in [0.717, 1.165) is 6.07 Å². The number of halogens is 6. The Labute approximate surface area is 206 Å². The highest BCUT2D eigenvalue weighted by Crippen LogP contribution is 2.29. The lowest BCUT2D eigenvalue weighted by molar-refractivity contribution is -0.186. The molecule has 1 aromatic heterocycles. The lowest BCUT2D eigenvalue weighted by atomic mass is 9.94. The van der Waals surface area contributed by atoms with Gasteiger partial charge >= 0.3 is 18.5 Å². The van der Waals surface area contributed by atoms with Crippen LogP contribution in [0.3, 0.4) is 0 Å². The molecule has 1 saturated heterocycles. The average Bonchev–Trinajstić information content (AvgIpc) is 3.38. The molecular formula is C24H20F6N4O3. The van der Waals surface area contributed by atoms with Crippen LogP contribution in [-0.2, 0) is 16.1 Å². The number of anilines is 1. The van der Waals surface area contributed by atoms with Gasteiger partial charge in [-0.05, 0) is 37.1 Å². The van der Waals surface area contributed by atoms with Gasteiger partial charge in [-0.15, -0.1) is 10.2 Å². The second-order valence-electron chi connectivity index (χ2n) is 8.38. The number of para-hydroxylation sites is 1. The van der Waals surface area contributed by atoms with E-state index in [-0.39, 0.29) is 49.5 Å². The largest absolute Gasteiger partial charge is 0.471 e. The lowest BCUT2D eigenvalue weighted by Gasteiger charge is -2.34. The van der Waals surface area contributed by atoms with Crippen molar-refractivity contribution in [2.75, 3.05) is 18.0 Å². The van der Waals surface area contributed by atoms with Crippen LogP contribution in [0.4, 0.5) is 32.0 Å². The molecule has 0 atom stereocenters. The molecule has 0 bridgehead atoms. The van der Waals surface area contributed by atoms with Crippen LogP contribution in [0.5, 0.6) is 0 Å². The van der Waals surface area contributed by atoms with Crippen molar-refractivity contribution in [2.24, 2.45) is 5.92 Å². The second kappa shape index (κ2) is 10.6. The highest BCUT2D eigenvalue weighted by atomic mass is 19.4. The van der Waals surface area contributed by atoms with Crippen molar-refractivity contribution < 1.29 is 40.3 Å². The van der Waals surface area contributed by atoms with E-state index < -0.39 is 42.0 Å². The summed E-state index contributed by atoms with van der Waals surface area (Å²) in [5, 5.41) is 6.69. The Hall–Kier alpha value is -3.90. The summed E-state index contributed by atoms with van der Waals surface area (Å²) in [6, 6.07) is 12.1. The van der Waals surface area contributed by atoms with Gasteiger partial charge in [-0.1, -0.05) is 24.3 Å². The molecule has 2 aromatic carbocycles. The van der Waals surface area contributed by atoms with Gasteiger partial charge in [0.05, 0.1) is 6.54 Å². The number of carbonyl (C=O) groups is 2. The zero-order valence-corrected chi connectivity index (χ0v) is 19.1. The maximum Gasteiger partial charge on any atom is 0.471 e. The summed E-state index contributed by atoms with van der Waals surface area (Å²) >= 11 is 0. The number of alkyl halides is 5. The van der Waals surface area contributed by atoms with Gasteiger partial charge in [-0.25, -0.2) is 4.39 Å². The van der Waals surface area contributed by atoms with Crippen molar-refractivity contribution in [3.05, 3.63) is 65.8 Å². The Morgan fingerprint density at radius 2 is 1.73 bits per heavy atom. The number of hydrogen-bond acceptors (Lipinski definition) is 5. The summed E-state index contributed by atoms with van der Waals surface area (Å²) in [5.74, 6) is -4.99. The van der Waals surface area contributed by atoms with Crippen LogP contribution in [0.2, 0.25) is 0 Å². The van der Waals surface area contributed by atoms with E-state index in [1.54, 1.807) is 30.3 Å². The molecule has 1 fully saturated rings. The summed E-state index contributed by atoms with van der Waals surface area (Å²) in [6.07, 6.45) is -7.92. The topological polar surface area (TPSA) is 79.5 Å². The normalized spacial score (nSPS) is 14.7. The number of piperidine rings is 1. The molecule has 2 heterocycles. The smallest absolute Gasteiger partial charge is 0.415 e. The van der Waals surface area contributed by atoms with Crippen LogP contribution in [-0.4, -0.2) is 46.2 Å². The van der Waals surface area contributed by atoms with E-state index in [1.165, 1.54) is 17.0 Å². The van der Waals surface area contributed by atoms with E-state index in [1.807, 2.05) is 0 Å². The van der Waals surface area contributed by atoms with E-state index in [0.29, 0.717) is 10.6 Å². The van der Waals surface area contributed by atoms with Crippen LogP contribution in [0, 0.1) is 11.7 Å². The number of aromatic nitrogens is 2. The molecule has 196 valence electrons. The monoisotopic (exact) mass is 526 g/mol. The summed E-state index contributed by atoms with van der Waals surface area (Å²) in [6.45, 7) is -0.667. The quantitative estimate of drug-likeness (QED) is 0.416. The number of carbonyl (C=O) groups excluding carboxylic acids is 2. The molecule has 13 heteroatoms. The van der Waals surface area contributed by atoms with Gasteiger partial charge in [0.25, 0.3) is 5.89 Å². The van der Waals surface area contributed by atoms with Crippen molar-refractivity contribution in [1.82, 2.24) is 15.1 Å². The predicted octanol–water partition coefficient (Wildman–Crippen LogP) is 5.15. The van der Waals surface area contributed by atoms with E-state index in [2.05, 4.69) is 10.2 Å². The molecule has 0 saturated carbocycles. The minimum atomic E-state index is -4.99. The van der Waals surface area contributed by atoms with Crippen molar-refractivity contribution >= 4 is 17.5 Å². The van der Waals surface area contributed by atoms with Crippen molar-refractivity contribution in [3.8, 4) is 11.5 Å². The molecule has 0 aliphatic carbocycles. The highest BCUT2D eigenvalue weighted by Gasteiger charge is 2.44. The molecule has 3 aromatic rings. The van der Waals surface area contributed by atoms with Gasteiger partial charge in [0.2, 0.25) is 11.8 Å². The Morgan fingerprint density at radius 3 is 2.30 bits per heavy atom. The van der Waals surface area contributed by atoms with Crippen LogP contribution >= 0.6 is 0 Å². The zero-order valence-electron chi connectivity index (χ0n) is 19.1. The van der Waals surface area contributed by atoms with Crippen LogP contribution in [0.25, 0.3) is 11.5 Å². The molecule has 1 aliphatic rings. The van der Waals surface area contributed by atoms with Crippen LogP contribution < -0.4 is 4.90 Å². The minimum Gasteiger partial charge on any atom is -0.415 e. The van der Waals surface area contributed by atoms with E-state index >= 15 is 4.39 Å². The van der Waals surface area contributed by atoms with Gasteiger partial charge in [0.15, 0.2) is 0 Å². The first-order valence-corrected chi connectivity index (χ1v) is 11.2. The highest BCUT2D eigenvalue weighted by molar-refractivity contribution is 5.95. The first-order chi connectivity index (χ1) is 17.5. The number of amides is 2. The molecule has 1 aliphatic heterocycles. The number of benzene rings is 2. The number of rotatable bonds is 6. The predicted molar refractivity (Wildman–Crippen MR) is 118 cm³/mol. The third kappa shape index (κ3) is 5.92. The van der Waals surface area contributed by atoms with Crippen LogP contribution in [0.1, 0.15) is 30.7 Å². The fourth-order valence-corrected chi connectivity index (χ4v) is 4.05. The molecule has 0 unspecified atom stereocenters. The number of hydrogen-bond donors (Lipinski definition) is 0. The van der Waals surface area contributed by atoms with Gasteiger partial charge in [0, 0.05) is 35.8 Å². The minimum absolute atomic E-state index is 0.0229. The Balaban J connectivity index is 1.53. The fraction of sp³-hybridized carbons (Fsp3) is 0.333. The van der Waals surface area contributed by atoms with Crippen molar-refractivity contribution in [2.45, 2.75) is 32.0 Å². The third-order valence-corrected chi connectivity index (χ3v) is 5.96. The number of likely N-dealkylation sites (tertiary alicyclic amines) is 1. The van der Waals surface area contributed by atoms with Gasteiger partial charge in [0.1, 0.15) is 5.82 Å². The summed E-state index contributed by atoms with van der Waals surface area (Å²) in [4.78, 5) is 26.9. The van der Waals surface area contributed by atoms with E-state index in [4.69, 9.17) is 4.42 Å². The van der Waals surface area contributed by atoms with Gasteiger partial charge < -0.3 is 14.2 Å². The zero-order chi connectivity index (χ0) is 26.7. The Kier molecular flexibility index (Phi) is 7.50. The van der Waals surface area contributed by atoms with Crippen molar-refractivity contribution in [3.63, 3.8) is 0 Å². The molecule has 0 radical (unpaired) electrons. The van der Waals surface area contributed by atoms with Gasteiger partial charge in [-0.2, -0.15) is 22.0 Å². The SMILES string of the molecule is O=C(C1CCN(C(=O)C(F)(F)F)CC1)N(Cc1ccc(-c2nnc(C(F)F)o2)cc1F)c1ccccc1. The lowest BCUT2D eigenvalue weighted by Crippen LogP contribution is -2.48. The third-order valence-electron chi connectivity index (χ3n) is 5.96. The first kappa shape index (κ1) is 26.2. The molecule has 0 spiro atoms. The maximum atomic E-state index is 15.0. The van der Waals surface area contributed by atoms with Gasteiger partial charge in [-0.3, -0.25) is 9.59 Å². The molecule has 37 heavy (non-hydrogen) atoms. The first-order valence-electron chi connectivity index (χ1n) is 11.2. The second-order valence-corrected chi connectivity index (χ2v) is 8.38. The maximum absolute atomic E-state index is 15.0. The van der Waals surface area contributed by atoms with E-state index in [9.17, 15) is 31.5 Å². The molecule has 7 nitrogen and oxygen atoms in total. The summed E-state index contributed by atoms with van der Waals surface area (Å²) in [5.41, 5.74) is 0.613. The van der Waals surface area contributed by atoms with Crippen LogP contribution in [0.15, 0.2) is 52.9 Å². The molecule has 2 amide bonds. The standard InChI is InChI=1S/C24H20F6N4O3/c25-18-12-15(20-31-32-21(37-20)19(26)27)6-7-16(18)13-34(17-4-2-1-3-5-17)22(35)14-8-10-33(11-9-14)23(36)24(28,29)30/h1-7,12,14,19H,8-11,13H2.